The van der Waals surface area contributed by atoms with Crippen LogP contribution in [0.5, 0.6) is 5.75 Å². The molecule has 0 bridgehead atoms. The zero-order valence-electron chi connectivity index (χ0n) is 6.75. The van der Waals surface area contributed by atoms with Crippen LogP contribution in [0.3, 0.4) is 0 Å². The lowest BCUT2D eigenvalue weighted by molar-refractivity contribution is 0.358. The minimum atomic E-state index is 0.441. The largest absolute Gasteiger partial charge is 0.489 e. The van der Waals surface area contributed by atoms with Crippen molar-refractivity contribution in [2.24, 2.45) is 0 Å². The summed E-state index contributed by atoms with van der Waals surface area (Å²) < 4.78 is 5.32. The SMILES string of the molecule is N#CC1=CCOc2cc(Cl)ccc21. The number of hydrogen-bond donors (Lipinski definition) is 0. The number of nitrogens with zero attached hydrogens (tertiary/aromatic N) is 1. The molecular formula is C10H6ClNO. The smallest absolute Gasteiger partial charge is 0.129 e. The van der Waals surface area contributed by atoms with Gasteiger partial charge in [-0.15, -0.1) is 0 Å². The van der Waals surface area contributed by atoms with Crippen molar-refractivity contribution >= 4 is 17.2 Å². The maximum Gasteiger partial charge on any atom is 0.129 e. The van der Waals surface area contributed by atoms with Crippen molar-refractivity contribution in [2.45, 2.75) is 0 Å². The predicted octanol–water partition coefficient (Wildman–Crippen LogP) is 2.64. The van der Waals surface area contributed by atoms with E-state index in [4.69, 9.17) is 21.6 Å². The molecule has 0 N–H and O–H groups in total. The number of fused-ring (bicyclic) bond motifs is 1. The molecule has 0 atom stereocenters. The van der Waals surface area contributed by atoms with Gasteiger partial charge in [0.1, 0.15) is 12.4 Å². The zero-order valence-corrected chi connectivity index (χ0v) is 7.51. The fourth-order valence-corrected chi connectivity index (χ4v) is 1.43. The van der Waals surface area contributed by atoms with E-state index in [2.05, 4.69) is 6.07 Å². The lowest BCUT2D eigenvalue weighted by atomic mass is 10.0. The van der Waals surface area contributed by atoms with E-state index in [-0.39, 0.29) is 0 Å². The van der Waals surface area contributed by atoms with Crippen LogP contribution >= 0.6 is 11.6 Å². The average Bonchev–Trinajstić information content (AvgIpc) is 2.16. The number of halogens is 1. The highest BCUT2D eigenvalue weighted by Crippen LogP contribution is 2.31. The summed E-state index contributed by atoms with van der Waals surface area (Å²) in [6.45, 7) is 0.441. The molecule has 0 aromatic heterocycles. The van der Waals surface area contributed by atoms with Crippen molar-refractivity contribution in [1.82, 2.24) is 0 Å². The Labute approximate surface area is 81.0 Å². The molecule has 13 heavy (non-hydrogen) atoms. The molecule has 0 radical (unpaired) electrons. The number of ether oxygens (including phenoxy) is 1. The number of nitriles is 1. The van der Waals surface area contributed by atoms with Crippen LogP contribution in [0.1, 0.15) is 5.56 Å². The van der Waals surface area contributed by atoms with Gasteiger partial charge < -0.3 is 4.74 Å². The first kappa shape index (κ1) is 8.15. The number of benzene rings is 1. The van der Waals surface area contributed by atoms with E-state index < -0.39 is 0 Å². The van der Waals surface area contributed by atoms with Crippen molar-refractivity contribution in [3.05, 3.63) is 34.9 Å². The van der Waals surface area contributed by atoms with Crippen molar-refractivity contribution in [3.63, 3.8) is 0 Å². The molecule has 1 heterocycles. The van der Waals surface area contributed by atoms with Crippen molar-refractivity contribution < 1.29 is 4.74 Å². The third-order valence-corrected chi connectivity index (χ3v) is 2.12. The van der Waals surface area contributed by atoms with Gasteiger partial charge in [0.15, 0.2) is 0 Å². The maximum atomic E-state index is 8.80. The fraction of sp³-hybridized carbons (Fsp3) is 0.100. The summed E-state index contributed by atoms with van der Waals surface area (Å²) in [5, 5.41) is 9.42. The Morgan fingerprint density at radius 2 is 2.31 bits per heavy atom. The molecule has 0 fully saturated rings. The predicted molar refractivity (Wildman–Crippen MR) is 50.5 cm³/mol. The first-order valence-electron chi connectivity index (χ1n) is 3.84. The second kappa shape index (κ2) is 3.12. The molecule has 2 nitrogen and oxygen atoms in total. The fourth-order valence-electron chi connectivity index (χ4n) is 1.27. The van der Waals surface area contributed by atoms with Crippen LogP contribution in [0.15, 0.2) is 24.3 Å². The minimum absolute atomic E-state index is 0.441. The Balaban J connectivity index is 2.57. The van der Waals surface area contributed by atoms with E-state index in [1.807, 2.05) is 0 Å². The third-order valence-electron chi connectivity index (χ3n) is 1.88. The summed E-state index contributed by atoms with van der Waals surface area (Å²) in [6, 6.07) is 7.39. The van der Waals surface area contributed by atoms with Gasteiger partial charge in [-0.05, 0) is 24.3 Å². The van der Waals surface area contributed by atoms with Gasteiger partial charge in [0, 0.05) is 10.6 Å². The summed E-state index contributed by atoms with van der Waals surface area (Å²) in [6.07, 6.45) is 1.76. The van der Waals surface area contributed by atoms with Crippen molar-refractivity contribution in [3.8, 4) is 11.8 Å². The molecule has 0 saturated carbocycles. The van der Waals surface area contributed by atoms with Gasteiger partial charge in [0.05, 0.1) is 11.6 Å². The topological polar surface area (TPSA) is 33.0 Å². The lowest BCUT2D eigenvalue weighted by Gasteiger charge is -2.14. The van der Waals surface area contributed by atoms with Crippen LogP contribution in [0.2, 0.25) is 5.02 Å². The second-order valence-corrected chi connectivity index (χ2v) is 3.12. The lowest BCUT2D eigenvalue weighted by Crippen LogP contribution is -2.03. The Morgan fingerprint density at radius 1 is 1.46 bits per heavy atom. The Morgan fingerprint density at radius 3 is 3.08 bits per heavy atom. The molecule has 64 valence electrons. The van der Waals surface area contributed by atoms with Gasteiger partial charge in [-0.1, -0.05) is 11.6 Å². The first-order valence-corrected chi connectivity index (χ1v) is 4.22. The molecule has 1 aliphatic rings. The Bertz CT molecular complexity index is 417. The molecule has 1 aromatic rings. The molecule has 0 aliphatic carbocycles. The second-order valence-electron chi connectivity index (χ2n) is 2.68. The van der Waals surface area contributed by atoms with Gasteiger partial charge in [-0.2, -0.15) is 5.26 Å². The molecule has 2 rings (SSSR count). The highest BCUT2D eigenvalue weighted by atomic mass is 35.5. The van der Waals surface area contributed by atoms with E-state index in [0.717, 1.165) is 5.56 Å². The summed E-state index contributed by atoms with van der Waals surface area (Å²) in [5.74, 6) is 0.687. The van der Waals surface area contributed by atoms with Crippen LogP contribution in [0, 0.1) is 11.3 Å². The van der Waals surface area contributed by atoms with Crippen LogP contribution in [-0.4, -0.2) is 6.61 Å². The molecule has 1 aromatic carbocycles. The van der Waals surface area contributed by atoms with Crippen LogP contribution in [0.25, 0.3) is 5.57 Å². The van der Waals surface area contributed by atoms with Crippen LogP contribution in [0.4, 0.5) is 0 Å². The van der Waals surface area contributed by atoms with E-state index in [1.165, 1.54) is 0 Å². The van der Waals surface area contributed by atoms with E-state index in [1.54, 1.807) is 24.3 Å². The third kappa shape index (κ3) is 1.39. The number of rotatable bonds is 0. The van der Waals surface area contributed by atoms with Gasteiger partial charge in [0.2, 0.25) is 0 Å². The highest BCUT2D eigenvalue weighted by molar-refractivity contribution is 6.30. The molecule has 3 heteroatoms. The van der Waals surface area contributed by atoms with E-state index in [0.29, 0.717) is 23.0 Å². The normalized spacial score (nSPS) is 13.7. The maximum absolute atomic E-state index is 8.80. The zero-order chi connectivity index (χ0) is 9.26. The van der Waals surface area contributed by atoms with Crippen molar-refractivity contribution in [2.75, 3.05) is 6.61 Å². The Hall–Kier alpha value is -1.46. The molecule has 1 aliphatic heterocycles. The minimum Gasteiger partial charge on any atom is -0.489 e. The van der Waals surface area contributed by atoms with Crippen LogP contribution < -0.4 is 4.74 Å². The number of allylic oxidation sites excluding steroid dienone is 1. The summed E-state index contributed by atoms with van der Waals surface area (Å²) in [4.78, 5) is 0. The molecule has 0 spiro atoms. The number of hydrogen-bond acceptors (Lipinski definition) is 2. The van der Waals surface area contributed by atoms with Gasteiger partial charge in [-0.3, -0.25) is 0 Å². The molecule has 0 amide bonds. The molecular weight excluding hydrogens is 186 g/mol. The molecule has 0 unspecified atom stereocenters. The monoisotopic (exact) mass is 191 g/mol. The Kier molecular flexibility index (Phi) is 1.96. The summed E-state index contributed by atoms with van der Waals surface area (Å²) in [5.41, 5.74) is 1.47. The first-order chi connectivity index (χ1) is 6.31. The standard InChI is InChI=1S/C10H6ClNO/c11-8-1-2-9-7(6-12)3-4-13-10(9)5-8/h1-3,5H,4H2. The van der Waals surface area contributed by atoms with Gasteiger partial charge >= 0.3 is 0 Å². The van der Waals surface area contributed by atoms with Crippen molar-refractivity contribution in [1.29, 1.82) is 5.26 Å². The van der Waals surface area contributed by atoms with E-state index >= 15 is 0 Å². The van der Waals surface area contributed by atoms with Gasteiger partial charge in [-0.25, -0.2) is 0 Å². The van der Waals surface area contributed by atoms with E-state index in [9.17, 15) is 0 Å². The van der Waals surface area contributed by atoms with Gasteiger partial charge in [0.25, 0.3) is 0 Å². The summed E-state index contributed by atoms with van der Waals surface area (Å²) in [7, 11) is 0. The molecule has 0 saturated heterocycles. The van der Waals surface area contributed by atoms with Crippen LogP contribution in [-0.2, 0) is 0 Å². The summed E-state index contributed by atoms with van der Waals surface area (Å²) >= 11 is 5.79. The highest BCUT2D eigenvalue weighted by Gasteiger charge is 2.12. The average molecular weight is 192 g/mol. The quantitative estimate of drug-likeness (QED) is 0.632.